The van der Waals surface area contributed by atoms with Crippen molar-refractivity contribution in [3.8, 4) is 0 Å². The molecule has 1 aromatic carbocycles. The first-order chi connectivity index (χ1) is 11.9. The SMILES string of the molecule is CC(C1c2ccsc2CCN1C(=O)Cc1ccc(Cl)c(Cl)c1)N(C)C. The predicted molar refractivity (Wildman–Crippen MR) is 106 cm³/mol. The van der Waals surface area contributed by atoms with E-state index in [4.69, 9.17) is 23.2 Å². The van der Waals surface area contributed by atoms with Gasteiger partial charge in [-0.05, 0) is 62.1 Å². The number of likely N-dealkylation sites (N-methyl/N-ethyl adjacent to an activating group) is 1. The van der Waals surface area contributed by atoms with Crippen LogP contribution in [0.25, 0.3) is 0 Å². The fourth-order valence-corrected chi connectivity index (χ4v) is 4.59. The summed E-state index contributed by atoms with van der Waals surface area (Å²) in [7, 11) is 4.12. The third-order valence-electron chi connectivity index (χ3n) is 4.95. The normalized spacial score (nSPS) is 18.3. The van der Waals surface area contributed by atoms with Gasteiger partial charge in [0.2, 0.25) is 5.91 Å². The van der Waals surface area contributed by atoms with Gasteiger partial charge in [0.1, 0.15) is 0 Å². The summed E-state index contributed by atoms with van der Waals surface area (Å²) in [6.45, 7) is 2.94. The summed E-state index contributed by atoms with van der Waals surface area (Å²) in [5.41, 5.74) is 2.19. The Morgan fingerprint density at radius 1 is 1.32 bits per heavy atom. The molecule has 0 bridgehead atoms. The lowest BCUT2D eigenvalue weighted by Crippen LogP contribution is -2.48. The fourth-order valence-electron chi connectivity index (χ4n) is 3.35. The Hall–Kier alpha value is -1.07. The van der Waals surface area contributed by atoms with E-state index in [9.17, 15) is 4.79 Å². The van der Waals surface area contributed by atoms with Crippen LogP contribution in [-0.4, -0.2) is 42.4 Å². The van der Waals surface area contributed by atoms with Crippen LogP contribution in [0.4, 0.5) is 0 Å². The lowest BCUT2D eigenvalue weighted by molar-refractivity contribution is -0.134. The Bertz CT molecular complexity index is 775. The minimum absolute atomic E-state index is 0.0836. The highest BCUT2D eigenvalue weighted by atomic mass is 35.5. The van der Waals surface area contributed by atoms with Gasteiger partial charge in [-0.2, -0.15) is 0 Å². The van der Waals surface area contributed by atoms with Gasteiger partial charge in [0.25, 0.3) is 0 Å². The highest BCUT2D eigenvalue weighted by molar-refractivity contribution is 7.10. The standard InChI is InChI=1S/C19H22Cl2N2OS/c1-12(22(2)3)19-14-7-9-25-17(14)6-8-23(19)18(24)11-13-4-5-15(20)16(21)10-13/h4-5,7,9-10,12,19H,6,8,11H2,1-3H3. The number of carbonyl (C=O) groups is 1. The van der Waals surface area contributed by atoms with Gasteiger partial charge in [0, 0.05) is 17.5 Å². The van der Waals surface area contributed by atoms with E-state index in [-0.39, 0.29) is 18.0 Å². The van der Waals surface area contributed by atoms with Crippen molar-refractivity contribution in [2.45, 2.75) is 31.8 Å². The molecule has 25 heavy (non-hydrogen) atoms. The van der Waals surface area contributed by atoms with Crippen molar-refractivity contribution < 1.29 is 4.79 Å². The number of hydrogen-bond acceptors (Lipinski definition) is 3. The Morgan fingerprint density at radius 2 is 2.08 bits per heavy atom. The number of amides is 1. The van der Waals surface area contributed by atoms with Gasteiger partial charge in [-0.1, -0.05) is 29.3 Å². The lowest BCUT2D eigenvalue weighted by atomic mass is 9.93. The Labute approximate surface area is 163 Å². The van der Waals surface area contributed by atoms with Gasteiger partial charge >= 0.3 is 0 Å². The van der Waals surface area contributed by atoms with Crippen molar-refractivity contribution in [1.82, 2.24) is 9.80 Å². The molecule has 2 unspecified atom stereocenters. The molecule has 1 aromatic heterocycles. The second kappa shape index (κ2) is 7.67. The minimum Gasteiger partial charge on any atom is -0.333 e. The van der Waals surface area contributed by atoms with Crippen LogP contribution >= 0.6 is 34.5 Å². The number of fused-ring (bicyclic) bond motifs is 1. The van der Waals surface area contributed by atoms with E-state index in [0.717, 1.165) is 18.5 Å². The molecular weight excluding hydrogens is 375 g/mol. The number of nitrogens with zero attached hydrogens (tertiary/aromatic N) is 2. The maximum atomic E-state index is 13.1. The van der Waals surface area contributed by atoms with Crippen LogP contribution in [0, 0.1) is 0 Å². The number of thiophene rings is 1. The van der Waals surface area contributed by atoms with Crippen molar-refractivity contribution in [3.63, 3.8) is 0 Å². The molecule has 0 spiro atoms. The maximum Gasteiger partial charge on any atom is 0.227 e. The molecule has 0 N–H and O–H groups in total. The molecule has 1 aliphatic heterocycles. The summed E-state index contributed by atoms with van der Waals surface area (Å²) in [6.07, 6.45) is 1.27. The van der Waals surface area contributed by atoms with Crippen molar-refractivity contribution >= 4 is 40.4 Å². The van der Waals surface area contributed by atoms with E-state index in [1.54, 1.807) is 23.5 Å². The van der Waals surface area contributed by atoms with Gasteiger partial charge in [-0.15, -0.1) is 11.3 Å². The van der Waals surface area contributed by atoms with E-state index < -0.39 is 0 Å². The van der Waals surface area contributed by atoms with E-state index in [0.29, 0.717) is 16.5 Å². The zero-order chi connectivity index (χ0) is 18.1. The first-order valence-electron chi connectivity index (χ1n) is 8.34. The molecule has 0 saturated carbocycles. The molecule has 1 aliphatic rings. The van der Waals surface area contributed by atoms with Crippen LogP contribution in [0.2, 0.25) is 10.0 Å². The average Bonchev–Trinajstić information content (AvgIpc) is 3.05. The molecule has 0 aliphatic carbocycles. The molecule has 2 heterocycles. The second-order valence-electron chi connectivity index (χ2n) is 6.71. The molecule has 0 radical (unpaired) electrons. The molecule has 3 rings (SSSR count). The third kappa shape index (κ3) is 3.87. The Kier molecular flexibility index (Phi) is 5.74. The van der Waals surface area contributed by atoms with Crippen molar-refractivity contribution in [1.29, 1.82) is 0 Å². The highest BCUT2D eigenvalue weighted by Crippen LogP contribution is 2.37. The fraction of sp³-hybridized carbons (Fsp3) is 0.421. The van der Waals surface area contributed by atoms with Crippen LogP contribution in [0.5, 0.6) is 0 Å². The molecule has 1 amide bonds. The predicted octanol–water partition coefficient (Wildman–Crippen LogP) is 4.67. The zero-order valence-electron chi connectivity index (χ0n) is 14.6. The largest absolute Gasteiger partial charge is 0.333 e. The van der Waals surface area contributed by atoms with Gasteiger partial charge in [0.15, 0.2) is 0 Å². The van der Waals surface area contributed by atoms with Gasteiger partial charge in [0.05, 0.1) is 22.5 Å². The molecule has 2 atom stereocenters. The smallest absolute Gasteiger partial charge is 0.227 e. The van der Waals surface area contributed by atoms with Crippen LogP contribution in [0.3, 0.4) is 0 Å². The topological polar surface area (TPSA) is 23.6 Å². The summed E-state index contributed by atoms with van der Waals surface area (Å²) in [5.74, 6) is 0.133. The zero-order valence-corrected chi connectivity index (χ0v) is 17.0. The molecule has 0 fully saturated rings. The lowest BCUT2D eigenvalue weighted by Gasteiger charge is -2.41. The second-order valence-corrected chi connectivity index (χ2v) is 8.53. The minimum atomic E-state index is 0.0836. The van der Waals surface area contributed by atoms with Crippen LogP contribution < -0.4 is 0 Å². The quantitative estimate of drug-likeness (QED) is 0.748. The van der Waals surface area contributed by atoms with Crippen LogP contribution in [0.15, 0.2) is 29.6 Å². The third-order valence-corrected chi connectivity index (χ3v) is 6.68. The first-order valence-corrected chi connectivity index (χ1v) is 9.98. The maximum absolute atomic E-state index is 13.1. The van der Waals surface area contributed by atoms with Crippen LogP contribution in [0.1, 0.15) is 29.0 Å². The van der Waals surface area contributed by atoms with E-state index in [1.165, 1.54) is 10.4 Å². The van der Waals surface area contributed by atoms with Crippen molar-refractivity contribution in [2.24, 2.45) is 0 Å². The van der Waals surface area contributed by atoms with E-state index in [1.807, 2.05) is 11.0 Å². The monoisotopic (exact) mass is 396 g/mol. The van der Waals surface area contributed by atoms with Crippen LogP contribution in [-0.2, 0) is 17.6 Å². The molecule has 6 heteroatoms. The number of halogens is 2. The summed E-state index contributed by atoms with van der Waals surface area (Å²) in [5, 5.41) is 3.13. The number of benzene rings is 1. The number of hydrogen-bond donors (Lipinski definition) is 0. The molecule has 2 aromatic rings. The summed E-state index contributed by atoms with van der Waals surface area (Å²) < 4.78 is 0. The van der Waals surface area contributed by atoms with Gasteiger partial charge in [-0.25, -0.2) is 0 Å². The van der Waals surface area contributed by atoms with Gasteiger partial charge in [-0.3, -0.25) is 4.79 Å². The summed E-state index contributed by atoms with van der Waals surface area (Å²) >= 11 is 13.9. The average molecular weight is 397 g/mol. The van der Waals surface area contributed by atoms with Crippen molar-refractivity contribution in [2.75, 3.05) is 20.6 Å². The molecule has 0 saturated heterocycles. The van der Waals surface area contributed by atoms with E-state index >= 15 is 0 Å². The molecular formula is C19H22Cl2N2OS. The molecule has 134 valence electrons. The first kappa shape index (κ1) is 18.7. The highest BCUT2D eigenvalue weighted by Gasteiger charge is 2.35. The van der Waals surface area contributed by atoms with Gasteiger partial charge < -0.3 is 9.80 Å². The Balaban J connectivity index is 1.86. The number of carbonyl (C=O) groups excluding carboxylic acids is 1. The Morgan fingerprint density at radius 3 is 2.76 bits per heavy atom. The van der Waals surface area contributed by atoms with E-state index in [2.05, 4.69) is 37.4 Å². The number of rotatable bonds is 4. The summed E-state index contributed by atoms with van der Waals surface area (Å²) in [6, 6.07) is 7.90. The molecule has 3 nitrogen and oxygen atoms in total. The van der Waals surface area contributed by atoms with Crippen molar-refractivity contribution in [3.05, 3.63) is 55.7 Å². The summed E-state index contributed by atoms with van der Waals surface area (Å²) in [4.78, 5) is 18.7.